The van der Waals surface area contributed by atoms with Gasteiger partial charge in [-0.2, -0.15) is 0 Å². The SMILES string of the molecule is CC1=NOCc2c1ccc1cc(F)ccc21. The second-order valence-corrected chi connectivity index (χ2v) is 3.91. The molecular weight excluding hydrogens is 205 g/mol. The number of oxime groups is 1. The van der Waals surface area contributed by atoms with Gasteiger partial charge in [-0.15, -0.1) is 0 Å². The van der Waals surface area contributed by atoms with Crippen molar-refractivity contribution in [3.63, 3.8) is 0 Å². The summed E-state index contributed by atoms with van der Waals surface area (Å²) in [6.45, 7) is 2.36. The van der Waals surface area contributed by atoms with Crippen molar-refractivity contribution in [2.45, 2.75) is 13.5 Å². The Labute approximate surface area is 92.3 Å². The van der Waals surface area contributed by atoms with E-state index in [0.717, 1.165) is 27.6 Å². The molecule has 1 aliphatic rings. The second-order valence-electron chi connectivity index (χ2n) is 3.91. The maximum Gasteiger partial charge on any atom is 0.143 e. The molecule has 0 N–H and O–H groups in total. The molecule has 80 valence electrons. The van der Waals surface area contributed by atoms with Gasteiger partial charge in [0.1, 0.15) is 12.4 Å². The van der Waals surface area contributed by atoms with Gasteiger partial charge in [-0.1, -0.05) is 23.4 Å². The number of hydrogen-bond acceptors (Lipinski definition) is 2. The first-order valence-corrected chi connectivity index (χ1v) is 5.14. The predicted octanol–water partition coefficient (Wildman–Crippen LogP) is 3.23. The molecule has 0 fully saturated rings. The van der Waals surface area contributed by atoms with Gasteiger partial charge in [-0.3, -0.25) is 0 Å². The highest BCUT2D eigenvalue weighted by Gasteiger charge is 2.14. The van der Waals surface area contributed by atoms with Crippen molar-refractivity contribution in [2.75, 3.05) is 0 Å². The lowest BCUT2D eigenvalue weighted by Gasteiger charge is -2.16. The zero-order chi connectivity index (χ0) is 11.1. The van der Waals surface area contributed by atoms with Crippen LogP contribution in [0.3, 0.4) is 0 Å². The summed E-state index contributed by atoms with van der Waals surface area (Å²) in [5.41, 5.74) is 3.04. The van der Waals surface area contributed by atoms with Crippen molar-refractivity contribution in [1.29, 1.82) is 0 Å². The molecule has 16 heavy (non-hydrogen) atoms. The molecule has 0 amide bonds. The molecule has 0 aliphatic carbocycles. The van der Waals surface area contributed by atoms with Crippen molar-refractivity contribution < 1.29 is 9.23 Å². The summed E-state index contributed by atoms with van der Waals surface area (Å²) >= 11 is 0. The van der Waals surface area contributed by atoms with Gasteiger partial charge in [0, 0.05) is 11.1 Å². The van der Waals surface area contributed by atoms with Crippen LogP contribution in [-0.2, 0) is 11.4 Å². The normalized spacial score (nSPS) is 14.2. The zero-order valence-electron chi connectivity index (χ0n) is 8.83. The van der Waals surface area contributed by atoms with Crippen LogP contribution in [0, 0.1) is 5.82 Å². The number of nitrogens with zero attached hydrogens (tertiary/aromatic N) is 1. The number of hydrogen-bond donors (Lipinski definition) is 0. The van der Waals surface area contributed by atoms with Gasteiger partial charge >= 0.3 is 0 Å². The van der Waals surface area contributed by atoms with E-state index in [9.17, 15) is 4.39 Å². The average molecular weight is 215 g/mol. The lowest BCUT2D eigenvalue weighted by Crippen LogP contribution is -2.08. The molecule has 2 aromatic carbocycles. The van der Waals surface area contributed by atoms with Crippen LogP contribution < -0.4 is 0 Å². The Bertz CT molecular complexity index is 604. The van der Waals surface area contributed by atoms with E-state index in [1.54, 1.807) is 6.07 Å². The maximum absolute atomic E-state index is 13.1. The van der Waals surface area contributed by atoms with Crippen LogP contribution in [0.1, 0.15) is 18.1 Å². The van der Waals surface area contributed by atoms with E-state index in [2.05, 4.69) is 5.16 Å². The van der Waals surface area contributed by atoms with E-state index in [1.807, 2.05) is 19.1 Å². The highest BCUT2D eigenvalue weighted by atomic mass is 19.1. The molecule has 1 heterocycles. The first-order chi connectivity index (χ1) is 7.75. The molecule has 0 bridgehead atoms. The molecule has 3 heteroatoms. The number of rotatable bonds is 0. The second kappa shape index (κ2) is 3.30. The van der Waals surface area contributed by atoms with Gasteiger partial charge in [-0.25, -0.2) is 4.39 Å². The molecule has 0 saturated heterocycles. The monoisotopic (exact) mass is 215 g/mol. The van der Waals surface area contributed by atoms with Gasteiger partial charge in [0.15, 0.2) is 0 Å². The molecule has 2 nitrogen and oxygen atoms in total. The third kappa shape index (κ3) is 1.28. The molecule has 0 unspecified atom stereocenters. The zero-order valence-corrected chi connectivity index (χ0v) is 8.83. The lowest BCUT2D eigenvalue weighted by atomic mass is 9.96. The summed E-state index contributed by atoms with van der Waals surface area (Å²) in [5.74, 6) is -0.213. The van der Waals surface area contributed by atoms with Crippen LogP contribution in [0.2, 0.25) is 0 Å². The fraction of sp³-hybridized carbons (Fsp3) is 0.154. The molecule has 3 rings (SSSR count). The first kappa shape index (κ1) is 9.33. The Hall–Kier alpha value is -1.90. The van der Waals surface area contributed by atoms with E-state index in [4.69, 9.17) is 4.84 Å². The Balaban J connectivity index is 2.36. The molecule has 0 radical (unpaired) electrons. The Morgan fingerprint density at radius 1 is 1.25 bits per heavy atom. The maximum atomic E-state index is 13.1. The van der Waals surface area contributed by atoms with Crippen LogP contribution in [0.5, 0.6) is 0 Å². The summed E-state index contributed by atoms with van der Waals surface area (Å²) in [6, 6.07) is 8.70. The van der Waals surface area contributed by atoms with Gasteiger partial charge in [-0.05, 0) is 29.8 Å². The van der Waals surface area contributed by atoms with Crippen LogP contribution in [0.4, 0.5) is 4.39 Å². The first-order valence-electron chi connectivity index (χ1n) is 5.14. The van der Waals surface area contributed by atoms with E-state index < -0.39 is 0 Å². The van der Waals surface area contributed by atoms with E-state index >= 15 is 0 Å². The van der Waals surface area contributed by atoms with Gasteiger partial charge in [0.2, 0.25) is 0 Å². The summed E-state index contributed by atoms with van der Waals surface area (Å²) in [7, 11) is 0. The Morgan fingerprint density at radius 3 is 3.00 bits per heavy atom. The van der Waals surface area contributed by atoms with Crippen molar-refractivity contribution in [3.8, 4) is 0 Å². The minimum Gasteiger partial charge on any atom is -0.391 e. The molecule has 0 atom stereocenters. The minimum absolute atomic E-state index is 0.213. The summed E-state index contributed by atoms with van der Waals surface area (Å²) in [6.07, 6.45) is 0. The van der Waals surface area contributed by atoms with Crippen molar-refractivity contribution in [1.82, 2.24) is 0 Å². The summed E-state index contributed by atoms with van der Waals surface area (Å²) in [4.78, 5) is 5.14. The predicted molar refractivity (Wildman–Crippen MR) is 60.9 cm³/mol. The smallest absolute Gasteiger partial charge is 0.143 e. The van der Waals surface area contributed by atoms with Crippen molar-refractivity contribution in [3.05, 3.63) is 47.3 Å². The van der Waals surface area contributed by atoms with Crippen LogP contribution in [-0.4, -0.2) is 5.71 Å². The molecule has 0 spiro atoms. The van der Waals surface area contributed by atoms with Crippen LogP contribution in [0.25, 0.3) is 10.8 Å². The van der Waals surface area contributed by atoms with Crippen molar-refractivity contribution in [2.24, 2.45) is 5.16 Å². The van der Waals surface area contributed by atoms with Crippen LogP contribution in [0.15, 0.2) is 35.5 Å². The largest absolute Gasteiger partial charge is 0.391 e. The molecule has 2 aromatic rings. The van der Waals surface area contributed by atoms with Crippen molar-refractivity contribution >= 4 is 16.5 Å². The highest BCUT2D eigenvalue weighted by molar-refractivity contribution is 6.04. The third-order valence-electron chi connectivity index (χ3n) is 2.89. The minimum atomic E-state index is -0.213. The number of fused-ring (bicyclic) bond motifs is 3. The molecular formula is C13H10FNO. The molecule has 0 aromatic heterocycles. The number of benzene rings is 2. The van der Waals surface area contributed by atoms with E-state index in [1.165, 1.54) is 12.1 Å². The van der Waals surface area contributed by atoms with Gasteiger partial charge in [0.05, 0.1) is 5.71 Å². The molecule has 0 saturated carbocycles. The summed E-state index contributed by atoms with van der Waals surface area (Å²) < 4.78 is 13.1. The van der Waals surface area contributed by atoms with Crippen LogP contribution >= 0.6 is 0 Å². The quantitative estimate of drug-likeness (QED) is 0.661. The van der Waals surface area contributed by atoms with Gasteiger partial charge in [0.25, 0.3) is 0 Å². The summed E-state index contributed by atoms with van der Waals surface area (Å²) in [5, 5.41) is 5.87. The fourth-order valence-electron chi connectivity index (χ4n) is 2.10. The standard InChI is InChI=1S/C13H10FNO/c1-8-11-4-2-9-6-10(14)3-5-12(9)13(11)7-16-15-8/h2-6H,7H2,1H3. The van der Waals surface area contributed by atoms with Gasteiger partial charge < -0.3 is 4.84 Å². The highest BCUT2D eigenvalue weighted by Crippen LogP contribution is 2.27. The fourth-order valence-corrected chi connectivity index (χ4v) is 2.10. The van der Waals surface area contributed by atoms with E-state index in [-0.39, 0.29) is 5.82 Å². The lowest BCUT2D eigenvalue weighted by molar-refractivity contribution is 0.127. The van der Waals surface area contributed by atoms with E-state index in [0.29, 0.717) is 6.61 Å². The topological polar surface area (TPSA) is 21.6 Å². The average Bonchev–Trinajstić information content (AvgIpc) is 2.28. The Morgan fingerprint density at radius 2 is 2.12 bits per heavy atom. The third-order valence-corrected chi connectivity index (χ3v) is 2.89. The Kier molecular flexibility index (Phi) is 1.93. The number of halogens is 1. The molecule has 1 aliphatic heterocycles.